The maximum atomic E-state index is 11.0. The van der Waals surface area contributed by atoms with Gasteiger partial charge in [0, 0.05) is 18.1 Å². The molecule has 0 aromatic heterocycles. The molecule has 4 nitrogen and oxygen atoms in total. The van der Waals surface area contributed by atoms with Crippen molar-refractivity contribution in [3.63, 3.8) is 0 Å². The zero-order chi connectivity index (χ0) is 14.7. The second kappa shape index (κ2) is 10.4. The molecule has 1 aromatic carbocycles. The van der Waals surface area contributed by atoms with E-state index in [-0.39, 0.29) is 17.4 Å². The molecule has 1 atom stereocenters. The number of hydrogen-bond acceptors (Lipinski definition) is 3. The van der Waals surface area contributed by atoms with Crippen LogP contribution >= 0.6 is 0 Å². The second-order valence-corrected chi connectivity index (χ2v) is 3.18. The number of Topliss-reactive ketones (excluding diaryl/α,β-unsaturated/α-hetero) is 1. The number of nitro benzene ring substituents is 1. The molecule has 0 bridgehead atoms. The molecule has 0 radical (unpaired) electrons. The average molecular weight is 253 g/mol. The van der Waals surface area contributed by atoms with Crippen molar-refractivity contribution in [2.24, 2.45) is 0 Å². The number of hydrogen-bond donors (Lipinski definition) is 0. The van der Waals surface area contributed by atoms with E-state index in [0.29, 0.717) is 0 Å². The summed E-state index contributed by atoms with van der Waals surface area (Å²) in [5.74, 6) is -0.144. The summed E-state index contributed by atoms with van der Waals surface area (Å²) in [5, 5.41) is 10.4. The fourth-order valence-electron chi connectivity index (χ4n) is 1.12. The summed E-state index contributed by atoms with van der Waals surface area (Å²) in [4.78, 5) is 20.9. The molecule has 0 aliphatic rings. The molecule has 0 saturated heterocycles. The molecule has 0 spiro atoms. The highest BCUT2D eigenvalue weighted by Gasteiger charge is 2.11. The van der Waals surface area contributed by atoms with Crippen LogP contribution in [0.15, 0.2) is 24.3 Å². The minimum Gasteiger partial charge on any atom is -0.299 e. The summed E-state index contributed by atoms with van der Waals surface area (Å²) in [6.45, 7) is 11.3. The lowest BCUT2D eigenvalue weighted by Crippen LogP contribution is -2.03. The lowest BCUT2D eigenvalue weighted by molar-refractivity contribution is -0.384. The molecular weight excluding hydrogens is 230 g/mol. The van der Waals surface area contributed by atoms with E-state index < -0.39 is 4.92 Å². The molecule has 4 heteroatoms. The summed E-state index contributed by atoms with van der Waals surface area (Å²) in [6.07, 6.45) is 0. The first-order chi connectivity index (χ1) is 8.52. The standard InChI is InChI=1S/C10H11NO3.2C2H6/c1-7(8(2)12)9-3-5-10(6-4-9)11(13)14;2*1-2/h3-7H,1-2H3;2*1-2H3. The maximum absolute atomic E-state index is 11.0. The van der Waals surface area contributed by atoms with Gasteiger partial charge in [-0.05, 0) is 12.5 Å². The van der Waals surface area contributed by atoms with Crippen LogP contribution in [0.2, 0.25) is 0 Å². The third-order valence-corrected chi connectivity index (χ3v) is 2.21. The first kappa shape index (κ1) is 18.6. The minimum absolute atomic E-state index is 0.0458. The van der Waals surface area contributed by atoms with E-state index in [1.807, 2.05) is 27.7 Å². The van der Waals surface area contributed by atoms with Gasteiger partial charge >= 0.3 is 0 Å². The molecule has 1 rings (SSSR count). The Balaban J connectivity index is 0. The summed E-state index contributed by atoms with van der Waals surface area (Å²) in [5.41, 5.74) is 0.854. The highest BCUT2D eigenvalue weighted by atomic mass is 16.6. The van der Waals surface area contributed by atoms with Gasteiger partial charge in [0.05, 0.1) is 4.92 Å². The fourth-order valence-corrected chi connectivity index (χ4v) is 1.12. The van der Waals surface area contributed by atoms with Crippen molar-refractivity contribution in [1.82, 2.24) is 0 Å². The van der Waals surface area contributed by atoms with Gasteiger partial charge in [-0.15, -0.1) is 0 Å². The van der Waals surface area contributed by atoms with Gasteiger partial charge in [-0.2, -0.15) is 0 Å². The normalized spacial score (nSPS) is 10.1. The number of rotatable bonds is 3. The van der Waals surface area contributed by atoms with Gasteiger partial charge in [0.1, 0.15) is 5.78 Å². The Morgan fingerprint density at radius 2 is 1.50 bits per heavy atom. The molecule has 0 N–H and O–H groups in total. The number of nitrogens with zero attached hydrogens (tertiary/aromatic N) is 1. The number of ketones is 1. The molecule has 0 heterocycles. The Labute approximate surface area is 109 Å². The van der Waals surface area contributed by atoms with E-state index in [1.165, 1.54) is 19.1 Å². The Kier molecular flexibility index (Phi) is 10.8. The highest BCUT2D eigenvalue weighted by Crippen LogP contribution is 2.19. The monoisotopic (exact) mass is 253 g/mol. The fraction of sp³-hybridized carbons (Fsp3) is 0.500. The van der Waals surface area contributed by atoms with Crippen molar-refractivity contribution >= 4 is 11.5 Å². The predicted molar refractivity (Wildman–Crippen MR) is 74.9 cm³/mol. The Bertz CT molecular complexity index is 358. The van der Waals surface area contributed by atoms with Crippen LogP contribution in [0, 0.1) is 10.1 Å². The number of carbonyl (C=O) groups excluding carboxylic acids is 1. The molecule has 1 unspecified atom stereocenters. The second-order valence-electron chi connectivity index (χ2n) is 3.18. The Morgan fingerprint density at radius 3 is 1.78 bits per heavy atom. The molecule has 0 amide bonds. The van der Waals surface area contributed by atoms with Crippen molar-refractivity contribution < 1.29 is 9.72 Å². The van der Waals surface area contributed by atoms with Crippen molar-refractivity contribution in [1.29, 1.82) is 0 Å². The number of carbonyl (C=O) groups is 1. The Hall–Kier alpha value is -1.71. The van der Waals surface area contributed by atoms with Crippen LogP contribution < -0.4 is 0 Å². The van der Waals surface area contributed by atoms with Gasteiger partial charge in [-0.25, -0.2) is 0 Å². The molecule has 0 saturated carbocycles. The number of benzene rings is 1. The third kappa shape index (κ3) is 6.13. The number of non-ortho nitro benzene ring substituents is 1. The van der Waals surface area contributed by atoms with Gasteiger partial charge < -0.3 is 0 Å². The average Bonchev–Trinajstić information content (AvgIpc) is 2.42. The predicted octanol–water partition coefficient (Wildman–Crippen LogP) is 4.34. The van der Waals surface area contributed by atoms with Crippen LogP contribution in [0.5, 0.6) is 0 Å². The summed E-state index contributed by atoms with van der Waals surface area (Å²) < 4.78 is 0. The highest BCUT2D eigenvalue weighted by molar-refractivity contribution is 5.82. The van der Waals surface area contributed by atoms with Gasteiger partial charge in [0.15, 0.2) is 0 Å². The van der Waals surface area contributed by atoms with Crippen LogP contribution in [-0.4, -0.2) is 10.7 Å². The van der Waals surface area contributed by atoms with Crippen LogP contribution in [0.3, 0.4) is 0 Å². The largest absolute Gasteiger partial charge is 0.299 e. The topological polar surface area (TPSA) is 60.2 Å². The molecule has 1 aromatic rings. The molecule has 0 aliphatic heterocycles. The van der Waals surface area contributed by atoms with Gasteiger partial charge in [-0.1, -0.05) is 46.8 Å². The van der Waals surface area contributed by atoms with E-state index in [2.05, 4.69) is 0 Å². The zero-order valence-electron chi connectivity index (χ0n) is 12.1. The number of nitro groups is 1. The quantitative estimate of drug-likeness (QED) is 0.594. The lowest BCUT2D eigenvalue weighted by atomic mass is 9.98. The molecule has 0 fully saturated rings. The van der Waals surface area contributed by atoms with Crippen LogP contribution in [0.25, 0.3) is 0 Å². The van der Waals surface area contributed by atoms with Gasteiger partial charge in [0.25, 0.3) is 5.69 Å². The molecular formula is C14H23NO3. The first-order valence-electron chi connectivity index (χ1n) is 6.27. The van der Waals surface area contributed by atoms with Gasteiger partial charge in [-0.3, -0.25) is 14.9 Å². The van der Waals surface area contributed by atoms with Gasteiger partial charge in [0.2, 0.25) is 0 Å². The minimum atomic E-state index is -0.456. The van der Waals surface area contributed by atoms with E-state index in [1.54, 1.807) is 19.1 Å². The molecule has 0 aliphatic carbocycles. The summed E-state index contributed by atoms with van der Waals surface area (Å²) in [6, 6.07) is 6.05. The lowest BCUT2D eigenvalue weighted by Gasteiger charge is -2.06. The van der Waals surface area contributed by atoms with Crippen molar-refractivity contribution in [2.45, 2.75) is 47.5 Å². The van der Waals surface area contributed by atoms with Crippen molar-refractivity contribution in [3.05, 3.63) is 39.9 Å². The van der Waals surface area contributed by atoms with Crippen molar-refractivity contribution in [3.8, 4) is 0 Å². The SMILES string of the molecule is CC.CC.CC(=O)C(C)c1ccc([N+](=O)[O-])cc1. The van der Waals surface area contributed by atoms with Crippen molar-refractivity contribution in [2.75, 3.05) is 0 Å². The summed E-state index contributed by atoms with van der Waals surface area (Å²) in [7, 11) is 0. The zero-order valence-corrected chi connectivity index (χ0v) is 12.1. The summed E-state index contributed by atoms with van der Waals surface area (Å²) >= 11 is 0. The van der Waals surface area contributed by atoms with Crippen LogP contribution in [0.1, 0.15) is 53.0 Å². The van der Waals surface area contributed by atoms with Crippen LogP contribution in [0.4, 0.5) is 5.69 Å². The third-order valence-electron chi connectivity index (χ3n) is 2.21. The molecule has 102 valence electrons. The van der Waals surface area contributed by atoms with E-state index in [4.69, 9.17) is 0 Å². The smallest absolute Gasteiger partial charge is 0.269 e. The first-order valence-corrected chi connectivity index (χ1v) is 6.27. The maximum Gasteiger partial charge on any atom is 0.269 e. The Morgan fingerprint density at radius 1 is 1.11 bits per heavy atom. The van der Waals surface area contributed by atoms with E-state index in [0.717, 1.165) is 5.56 Å². The van der Waals surface area contributed by atoms with Crippen LogP contribution in [-0.2, 0) is 4.79 Å². The van der Waals surface area contributed by atoms with E-state index in [9.17, 15) is 14.9 Å². The molecule has 18 heavy (non-hydrogen) atoms. The van der Waals surface area contributed by atoms with E-state index >= 15 is 0 Å².